The SMILES string of the molecule is CCCCc1cc(C23CC4(C)CC(C)(C2)CC(C25CC6(C)CC(C)(CC(c7ccc(Oc8ccc(N)c(O)c8)c(CCCC)c7)(C6)C2)C5)(C4)C3)ccc1Oc1ccc(N)c(O)c1. The van der Waals surface area contributed by atoms with E-state index in [1.165, 1.54) is 88.2 Å². The van der Waals surface area contributed by atoms with Crippen molar-refractivity contribution in [2.45, 2.75) is 168 Å². The summed E-state index contributed by atoms with van der Waals surface area (Å²) in [5, 5.41) is 20.8. The number of rotatable bonds is 13. The van der Waals surface area contributed by atoms with Gasteiger partial charge in [-0.15, -0.1) is 0 Å². The maximum atomic E-state index is 10.4. The van der Waals surface area contributed by atoms with E-state index >= 15 is 0 Å². The van der Waals surface area contributed by atoms with E-state index in [4.69, 9.17) is 20.9 Å². The molecule has 62 heavy (non-hydrogen) atoms. The lowest BCUT2D eigenvalue weighted by Crippen LogP contribution is -2.71. The zero-order valence-corrected chi connectivity index (χ0v) is 38.5. The summed E-state index contributed by atoms with van der Waals surface area (Å²) in [7, 11) is 0. The summed E-state index contributed by atoms with van der Waals surface area (Å²) in [4.78, 5) is 0. The molecule has 0 radical (unpaired) electrons. The van der Waals surface area contributed by atoms with Crippen LogP contribution in [0.4, 0.5) is 11.4 Å². The molecule has 4 atom stereocenters. The lowest BCUT2D eigenvalue weighted by Gasteiger charge is -2.80. The molecule has 0 spiro atoms. The lowest BCUT2D eigenvalue weighted by atomic mass is 9.24. The molecule has 8 fully saturated rings. The highest BCUT2D eigenvalue weighted by Gasteiger charge is 2.76. The van der Waals surface area contributed by atoms with Crippen molar-refractivity contribution in [3.05, 3.63) is 95.1 Å². The summed E-state index contributed by atoms with van der Waals surface area (Å²) in [6.07, 6.45) is 22.3. The number of hydrogen-bond acceptors (Lipinski definition) is 6. The second-order valence-electron chi connectivity index (χ2n) is 24.0. The van der Waals surface area contributed by atoms with Gasteiger partial charge in [-0.2, -0.15) is 0 Å². The summed E-state index contributed by atoms with van der Waals surface area (Å²) >= 11 is 0. The van der Waals surface area contributed by atoms with E-state index in [2.05, 4.69) is 77.9 Å². The first kappa shape index (κ1) is 41.7. The molecular weight excluding hydrogens is 765 g/mol. The number of ether oxygens (including phenoxy) is 2. The van der Waals surface area contributed by atoms with E-state index in [1.807, 2.05) is 12.1 Å². The van der Waals surface area contributed by atoms with Crippen molar-refractivity contribution in [2.75, 3.05) is 11.5 Å². The number of aryl methyl sites for hydroxylation is 2. The number of phenolic OH excluding ortho intramolecular Hbond substituents is 2. The van der Waals surface area contributed by atoms with Crippen molar-refractivity contribution in [1.29, 1.82) is 0 Å². The highest BCUT2D eigenvalue weighted by molar-refractivity contribution is 5.57. The predicted octanol–water partition coefficient (Wildman–Crippen LogP) is 14.5. The minimum Gasteiger partial charge on any atom is -0.506 e. The molecule has 6 heteroatoms. The summed E-state index contributed by atoms with van der Waals surface area (Å²) in [6.45, 7) is 15.3. The van der Waals surface area contributed by atoms with Crippen LogP contribution in [0.15, 0.2) is 72.8 Å². The average Bonchev–Trinajstić information content (AvgIpc) is 3.17. The normalized spacial score (nSPS) is 36.3. The van der Waals surface area contributed by atoms with Crippen molar-refractivity contribution in [3.63, 3.8) is 0 Å². The third kappa shape index (κ3) is 6.78. The molecule has 4 unspecified atom stereocenters. The molecule has 8 bridgehead atoms. The third-order valence-corrected chi connectivity index (χ3v) is 17.7. The number of nitrogens with two attached hydrogens (primary N) is 2. The van der Waals surface area contributed by atoms with Gasteiger partial charge in [0.1, 0.15) is 34.5 Å². The molecule has 0 saturated heterocycles. The van der Waals surface area contributed by atoms with Crippen LogP contribution >= 0.6 is 0 Å². The Kier molecular flexibility index (Phi) is 9.47. The Hall–Kier alpha value is -4.32. The van der Waals surface area contributed by atoms with Gasteiger partial charge in [0, 0.05) is 12.1 Å². The Bertz CT molecular complexity index is 2210. The molecule has 6 N–H and O–H groups in total. The largest absolute Gasteiger partial charge is 0.506 e. The first-order valence-corrected chi connectivity index (χ1v) is 24.1. The second-order valence-corrected chi connectivity index (χ2v) is 24.0. The summed E-state index contributed by atoms with van der Waals surface area (Å²) in [5.74, 6) is 3.15. The highest BCUT2D eigenvalue weighted by Crippen LogP contribution is 2.85. The zero-order valence-electron chi connectivity index (χ0n) is 38.5. The van der Waals surface area contributed by atoms with E-state index in [0.717, 1.165) is 50.0 Å². The lowest BCUT2D eigenvalue weighted by molar-refractivity contribution is -0.275. The van der Waals surface area contributed by atoms with Crippen LogP contribution in [0.25, 0.3) is 0 Å². The van der Waals surface area contributed by atoms with E-state index < -0.39 is 0 Å². The van der Waals surface area contributed by atoms with Gasteiger partial charge in [0.2, 0.25) is 0 Å². The number of anilines is 2. The Morgan fingerprint density at radius 3 is 1.18 bits per heavy atom. The van der Waals surface area contributed by atoms with E-state index in [9.17, 15) is 10.2 Å². The van der Waals surface area contributed by atoms with Crippen LogP contribution in [0.2, 0.25) is 0 Å². The molecule has 330 valence electrons. The van der Waals surface area contributed by atoms with Gasteiger partial charge < -0.3 is 31.2 Å². The Labute approximate surface area is 371 Å². The molecule has 4 aromatic carbocycles. The Morgan fingerprint density at radius 1 is 0.468 bits per heavy atom. The number of nitrogen functional groups attached to an aromatic ring is 2. The maximum absolute atomic E-state index is 10.4. The first-order valence-electron chi connectivity index (χ1n) is 24.1. The fourth-order valence-corrected chi connectivity index (χ4v) is 17.7. The smallest absolute Gasteiger partial charge is 0.142 e. The number of hydrogen-bond donors (Lipinski definition) is 4. The van der Waals surface area contributed by atoms with E-state index in [0.29, 0.717) is 44.5 Å². The van der Waals surface area contributed by atoms with Gasteiger partial charge in [-0.25, -0.2) is 0 Å². The van der Waals surface area contributed by atoms with Crippen molar-refractivity contribution >= 4 is 11.4 Å². The van der Waals surface area contributed by atoms with Crippen LogP contribution in [-0.4, -0.2) is 10.2 Å². The molecule has 8 aliphatic carbocycles. The minimum absolute atomic E-state index is 0.0583. The zero-order chi connectivity index (χ0) is 43.6. The molecule has 0 amide bonds. The summed E-state index contributed by atoms with van der Waals surface area (Å²) in [6, 6.07) is 25.0. The molecular formula is C56H72N2O4. The molecule has 0 heterocycles. The molecule has 0 aliphatic heterocycles. The Morgan fingerprint density at radius 2 is 0.839 bits per heavy atom. The van der Waals surface area contributed by atoms with Gasteiger partial charge in [0.15, 0.2) is 0 Å². The molecule has 0 aromatic heterocycles. The van der Waals surface area contributed by atoms with Crippen LogP contribution in [0.1, 0.15) is 167 Å². The highest BCUT2D eigenvalue weighted by atomic mass is 16.5. The van der Waals surface area contributed by atoms with Crippen molar-refractivity contribution in [2.24, 2.45) is 32.5 Å². The number of unbranched alkanes of at least 4 members (excludes halogenated alkanes) is 2. The average molecular weight is 837 g/mol. The number of aromatic hydroxyl groups is 2. The van der Waals surface area contributed by atoms with Crippen molar-refractivity contribution in [3.8, 4) is 34.5 Å². The first-order chi connectivity index (χ1) is 29.4. The molecule has 8 aliphatic rings. The van der Waals surface area contributed by atoms with Crippen LogP contribution in [0, 0.1) is 32.5 Å². The minimum atomic E-state index is 0.0583. The van der Waals surface area contributed by atoms with E-state index in [1.54, 1.807) is 35.4 Å². The third-order valence-electron chi connectivity index (χ3n) is 17.7. The maximum Gasteiger partial charge on any atom is 0.142 e. The molecule has 6 nitrogen and oxygen atoms in total. The standard InChI is InChI=1S/C56H72N2O4/c1-7-9-11-37-21-39(13-19-47(37)61-41-15-17-43(57)45(59)23-41)53-27-49(3)25-50(4,28-53)32-55(31-49,35-53)56-33-51(5)26-52(6,34-56)30-54(29-51,36-56)40-14-20-48(38(22-40)12-10-8-2)62-42-16-18-44(58)46(60)24-42/h13-24,59-60H,7-12,25-36,57-58H2,1-6H3. The van der Waals surface area contributed by atoms with Gasteiger partial charge in [-0.3, -0.25) is 0 Å². The fourth-order valence-electron chi connectivity index (χ4n) is 17.7. The van der Waals surface area contributed by atoms with Crippen LogP contribution in [-0.2, 0) is 23.7 Å². The van der Waals surface area contributed by atoms with Crippen molar-refractivity contribution in [1.82, 2.24) is 0 Å². The summed E-state index contributed by atoms with van der Waals surface area (Å²) < 4.78 is 13.1. The molecule has 12 rings (SSSR count). The summed E-state index contributed by atoms with van der Waals surface area (Å²) in [5.41, 5.74) is 20.4. The van der Waals surface area contributed by atoms with Gasteiger partial charge >= 0.3 is 0 Å². The second kappa shape index (κ2) is 14.1. The predicted molar refractivity (Wildman–Crippen MR) is 251 cm³/mol. The van der Waals surface area contributed by atoms with Gasteiger partial charge in [-0.05, 0) is 205 Å². The van der Waals surface area contributed by atoms with Crippen LogP contribution in [0.3, 0.4) is 0 Å². The van der Waals surface area contributed by atoms with Crippen LogP contribution < -0.4 is 20.9 Å². The van der Waals surface area contributed by atoms with E-state index in [-0.39, 0.29) is 33.2 Å². The number of phenols is 2. The van der Waals surface area contributed by atoms with Crippen molar-refractivity contribution < 1.29 is 19.7 Å². The molecule has 4 aromatic rings. The fraction of sp³-hybridized carbons (Fsp3) is 0.571. The van der Waals surface area contributed by atoms with Gasteiger partial charge in [0.05, 0.1) is 11.4 Å². The van der Waals surface area contributed by atoms with Gasteiger partial charge in [-0.1, -0.05) is 78.6 Å². The number of benzene rings is 4. The topological polar surface area (TPSA) is 111 Å². The Balaban J connectivity index is 1.04. The quantitative estimate of drug-likeness (QED) is 0.0788. The van der Waals surface area contributed by atoms with Gasteiger partial charge in [0.25, 0.3) is 0 Å². The van der Waals surface area contributed by atoms with Crippen LogP contribution in [0.5, 0.6) is 34.5 Å². The molecule has 8 saturated carbocycles. The monoisotopic (exact) mass is 837 g/mol.